The Morgan fingerprint density at radius 2 is 1.74 bits per heavy atom. The molecule has 0 amide bonds. The van der Waals surface area contributed by atoms with Crippen molar-refractivity contribution in [3.63, 3.8) is 0 Å². The Morgan fingerprint density at radius 3 is 2.39 bits per heavy atom. The average Bonchev–Trinajstić information content (AvgIpc) is 2.58. The highest BCUT2D eigenvalue weighted by atomic mass is 19.1. The maximum atomic E-state index is 13.1. The molecule has 0 bridgehead atoms. The molecule has 23 heavy (non-hydrogen) atoms. The Hall–Kier alpha value is -2.79. The fourth-order valence-corrected chi connectivity index (χ4v) is 2.45. The van der Waals surface area contributed by atoms with Gasteiger partial charge in [-0.3, -0.25) is 4.79 Å². The van der Waals surface area contributed by atoms with Crippen LogP contribution in [0.25, 0.3) is 11.3 Å². The molecule has 4 nitrogen and oxygen atoms in total. The molecule has 1 heterocycles. The predicted molar refractivity (Wildman–Crippen MR) is 87.3 cm³/mol. The lowest BCUT2D eigenvalue weighted by atomic mass is 9.99. The lowest BCUT2D eigenvalue weighted by Gasteiger charge is -2.14. The third-order valence-electron chi connectivity index (χ3n) is 3.72. The molecular weight excluding hydrogens is 293 g/mol. The number of nitrogens with two attached hydrogens (primary N) is 1. The molecule has 116 valence electrons. The number of hydrogen-bond acceptors (Lipinski definition) is 3. The second-order valence-corrected chi connectivity index (χ2v) is 5.31. The maximum Gasteiger partial charge on any atom is 0.271 e. The lowest BCUT2D eigenvalue weighted by Crippen LogP contribution is -2.29. The largest absolute Gasteiger partial charge is 0.320 e. The second kappa shape index (κ2) is 6.14. The van der Waals surface area contributed by atoms with E-state index in [9.17, 15) is 9.18 Å². The van der Waals surface area contributed by atoms with Gasteiger partial charge in [0.1, 0.15) is 5.82 Å². The zero-order valence-corrected chi connectivity index (χ0v) is 12.6. The van der Waals surface area contributed by atoms with Crippen molar-refractivity contribution in [2.75, 3.05) is 0 Å². The van der Waals surface area contributed by atoms with Gasteiger partial charge in [-0.1, -0.05) is 42.5 Å². The van der Waals surface area contributed by atoms with Crippen LogP contribution in [0.1, 0.15) is 17.2 Å². The van der Waals surface area contributed by atoms with Crippen molar-refractivity contribution in [1.29, 1.82) is 0 Å². The predicted octanol–water partition coefficient (Wildman–Crippen LogP) is 2.63. The molecule has 3 aromatic rings. The Morgan fingerprint density at radius 1 is 1.09 bits per heavy atom. The maximum absolute atomic E-state index is 13.1. The van der Waals surface area contributed by atoms with Crippen LogP contribution >= 0.6 is 0 Å². The van der Waals surface area contributed by atoms with Crippen molar-refractivity contribution in [3.8, 4) is 11.3 Å². The Kier molecular flexibility index (Phi) is 4.04. The Bertz CT molecular complexity index is 873. The van der Waals surface area contributed by atoms with E-state index in [1.54, 1.807) is 25.2 Å². The van der Waals surface area contributed by atoms with Gasteiger partial charge in [-0.05, 0) is 23.8 Å². The minimum Gasteiger partial charge on any atom is -0.320 e. The smallest absolute Gasteiger partial charge is 0.271 e. The van der Waals surface area contributed by atoms with Crippen LogP contribution in [0.5, 0.6) is 0 Å². The SMILES string of the molecule is Cn1nc(-c2ccccc2)cc(C(N)c2ccc(F)cc2)c1=O. The number of nitrogens with zero attached hydrogens (tertiary/aromatic N) is 2. The molecule has 0 radical (unpaired) electrons. The molecule has 3 rings (SSSR count). The first-order valence-electron chi connectivity index (χ1n) is 7.21. The number of benzene rings is 2. The minimum absolute atomic E-state index is 0.262. The van der Waals surface area contributed by atoms with Crippen LogP contribution < -0.4 is 11.3 Å². The summed E-state index contributed by atoms with van der Waals surface area (Å²) >= 11 is 0. The molecule has 0 aliphatic heterocycles. The first kappa shape index (κ1) is 15.1. The molecule has 2 aromatic carbocycles. The summed E-state index contributed by atoms with van der Waals surface area (Å²) < 4.78 is 14.3. The Balaban J connectivity index is 2.10. The molecule has 1 aromatic heterocycles. The summed E-state index contributed by atoms with van der Waals surface area (Å²) in [7, 11) is 1.59. The van der Waals surface area contributed by atoms with E-state index in [1.807, 2.05) is 30.3 Å². The van der Waals surface area contributed by atoms with E-state index in [1.165, 1.54) is 16.8 Å². The molecule has 1 unspecified atom stereocenters. The third kappa shape index (κ3) is 3.05. The van der Waals surface area contributed by atoms with Gasteiger partial charge >= 0.3 is 0 Å². The van der Waals surface area contributed by atoms with Crippen LogP contribution in [-0.2, 0) is 7.05 Å². The number of hydrogen-bond donors (Lipinski definition) is 1. The van der Waals surface area contributed by atoms with Gasteiger partial charge < -0.3 is 5.73 Å². The second-order valence-electron chi connectivity index (χ2n) is 5.31. The molecular formula is C18H16FN3O. The summed E-state index contributed by atoms with van der Waals surface area (Å²) in [6.07, 6.45) is 0. The van der Waals surface area contributed by atoms with Gasteiger partial charge in [0.2, 0.25) is 0 Å². The molecule has 1 atom stereocenters. The van der Waals surface area contributed by atoms with Gasteiger partial charge in [-0.25, -0.2) is 9.07 Å². The molecule has 5 heteroatoms. The van der Waals surface area contributed by atoms with Crippen LogP contribution in [0.2, 0.25) is 0 Å². The lowest BCUT2D eigenvalue weighted by molar-refractivity contribution is 0.626. The van der Waals surface area contributed by atoms with Gasteiger partial charge in [0.25, 0.3) is 5.56 Å². The summed E-state index contributed by atoms with van der Waals surface area (Å²) in [5, 5.41) is 4.28. The molecule has 0 saturated heterocycles. The third-order valence-corrected chi connectivity index (χ3v) is 3.72. The van der Waals surface area contributed by atoms with Crippen LogP contribution in [0, 0.1) is 5.82 Å². The first-order chi connectivity index (χ1) is 11.1. The van der Waals surface area contributed by atoms with Crippen LogP contribution in [0.4, 0.5) is 4.39 Å². The minimum atomic E-state index is -0.639. The molecule has 0 aliphatic rings. The summed E-state index contributed by atoms with van der Waals surface area (Å²) in [6, 6.07) is 16.5. The van der Waals surface area contributed by atoms with E-state index < -0.39 is 6.04 Å². The van der Waals surface area contributed by atoms with E-state index in [2.05, 4.69) is 5.10 Å². The number of halogens is 1. The van der Waals surface area contributed by atoms with Gasteiger partial charge in [-0.2, -0.15) is 5.10 Å². The zero-order chi connectivity index (χ0) is 16.4. The first-order valence-corrected chi connectivity index (χ1v) is 7.21. The molecule has 0 saturated carbocycles. The molecule has 0 fully saturated rings. The summed E-state index contributed by atoms with van der Waals surface area (Å²) in [6.45, 7) is 0. The highest BCUT2D eigenvalue weighted by molar-refractivity contribution is 5.59. The normalized spacial score (nSPS) is 12.1. The molecule has 0 aliphatic carbocycles. The van der Waals surface area contributed by atoms with Gasteiger partial charge in [0.15, 0.2) is 0 Å². The fraction of sp³-hybridized carbons (Fsp3) is 0.111. The quantitative estimate of drug-likeness (QED) is 0.809. The van der Waals surface area contributed by atoms with Gasteiger partial charge in [0.05, 0.1) is 11.7 Å². The number of rotatable bonds is 3. The average molecular weight is 309 g/mol. The van der Waals surface area contributed by atoms with Crippen LogP contribution in [-0.4, -0.2) is 9.78 Å². The standard InChI is InChI=1S/C18H16FN3O/c1-22-18(23)15(17(20)13-7-9-14(19)10-8-13)11-16(21-22)12-5-3-2-4-6-12/h2-11,17H,20H2,1H3. The van der Waals surface area contributed by atoms with Crippen molar-refractivity contribution in [2.45, 2.75) is 6.04 Å². The zero-order valence-electron chi connectivity index (χ0n) is 12.6. The van der Waals surface area contributed by atoms with Gasteiger partial charge in [-0.15, -0.1) is 0 Å². The highest BCUT2D eigenvalue weighted by Gasteiger charge is 2.16. The number of aromatic nitrogens is 2. The van der Waals surface area contributed by atoms with E-state index >= 15 is 0 Å². The summed E-state index contributed by atoms with van der Waals surface area (Å²) in [5.41, 5.74) is 8.62. The van der Waals surface area contributed by atoms with E-state index in [-0.39, 0.29) is 11.4 Å². The van der Waals surface area contributed by atoms with Crippen molar-refractivity contribution >= 4 is 0 Å². The Labute approximate surface area is 133 Å². The van der Waals surface area contributed by atoms with E-state index in [4.69, 9.17) is 5.73 Å². The van der Waals surface area contributed by atoms with Crippen molar-refractivity contribution in [1.82, 2.24) is 9.78 Å². The summed E-state index contributed by atoms with van der Waals surface area (Å²) in [4.78, 5) is 12.4. The highest BCUT2D eigenvalue weighted by Crippen LogP contribution is 2.21. The molecule has 0 spiro atoms. The van der Waals surface area contributed by atoms with Crippen LogP contribution in [0.15, 0.2) is 65.5 Å². The molecule has 2 N–H and O–H groups in total. The fourth-order valence-electron chi connectivity index (χ4n) is 2.45. The summed E-state index contributed by atoms with van der Waals surface area (Å²) in [5.74, 6) is -0.339. The van der Waals surface area contributed by atoms with Crippen LogP contribution in [0.3, 0.4) is 0 Å². The number of aryl methyl sites for hydroxylation is 1. The van der Waals surface area contributed by atoms with Crippen molar-refractivity contribution in [2.24, 2.45) is 12.8 Å². The van der Waals surface area contributed by atoms with E-state index in [0.29, 0.717) is 16.8 Å². The monoisotopic (exact) mass is 309 g/mol. The van der Waals surface area contributed by atoms with Crippen molar-refractivity contribution in [3.05, 3.63) is 88.0 Å². The van der Waals surface area contributed by atoms with E-state index in [0.717, 1.165) is 5.56 Å². The topological polar surface area (TPSA) is 60.9 Å². The van der Waals surface area contributed by atoms with Gasteiger partial charge in [0, 0.05) is 18.2 Å². The van der Waals surface area contributed by atoms with Crippen molar-refractivity contribution < 1.29 is 4.39 Å².